The summed E-state index contributed by atoms with van der Waals surface area (Å²) >= 11 is 0. The molecule has 0 aliphatic carbocycles. The Hall–Kier alpha value is -3.60. The highest BCUT2D eigenvalue weighted by Gasteiger charge is 2.21. The molecular formula is C24H22F2N2O5Si. The summed E-state index contributed by atoms with van der Waals surface area (Å²) in [7, 11) is -2.73. The van der Waals surface area contributed by atoms with Gasteiger partial charge in [0.25, 0.3) is 14.6 Å². The number of aliphatic hydroxyl groups is 1. The number of fused-ring (bicyclic) bond motifs is 1. The zero-order valence-corrected chi connectivity index (χ0v) is 19.3. The van der Waals surface area contributed by atoms with Gasteiger partial charge in [-0.3, -0.25) is 4.79 Å². The minimum absolute atomic E-state index is 0.0769. The summed E-state index contributed by atoms with van der Waals surface area (Å²) in [5.74, 6) is 0.176. The molecule has 0 amide bonds. The first-order valence-corrected chi connectivity index (χ1v) is 12.4. The molecule has 3 aromatic carbocycles. The lowest BCUT2D eigenvalue weighted by Gasteiger charge is -2.13. The van der Waals surface area contributed by atoms with E-state index in [1.807, 2.05) is 55.5 Å². The number of benzene rings is 3. The number of aromatic nitrogens is 1. The summed E-state index contributed by atoms with van der Waals surface area (Å²) in [6, 6.07) is 18.5. The number of aliphatic hydroxyl groups excluding tert-OH is 1. The van der Waals surface area contributed by atoms with Gasteiger partial charge in [-0.25, -0.2) is 4.98 Å². The molecule has 4 rings (SSSR count). The van der Waals surface area contributed by atoms with Crippen LogP contribution in [-0.4, -0.2) is 42.6 Å². The number of hydrogen-bond acceptors (Lipinski definition) is 6. The first-order chi connectivity index (χ1) is 16.4. The molecule has 0 fully saturated rings. The summed E-state index contributed by atoms with van der Waals surface area (Å²) in [6.45, 7) is -1.20. The van der Waals surface area contributed by atoms with E-state index in [9.17, 15) is 18.7 Å². The number of rotatable bonds is 9. The van der Waals surface area contributed by atoms with Crippen molar-refractivity contribution in [1.82, 2.24) is 9.97 Å². The van der Waals surface area contributed by atoms with Crippen LogP contribution in [-0.2, 0) is 6.54 Å². The van der Waals surface area contributed by atoms with E-state index < -0.39 is 27.4 Å². The molecule has 34 heavy (non-hydrogen) atoms. The van der Waals surface area contributed by atoms with Gasteiger partial charge in [0.05, 0.1) is 6.23 Å². The van der Waals surface area contributed by atoms with Gasteiger partial charge in [-0.2, -0.15) is 8.78 Å². The predicted molar refractivity (Wildman–Crippen MR) is 125 cm³/mol. The second kappa shape index (κ2) is 10.1. The Balaban J connectivity index is 1.73. The Labute approximate surface area is 195 Å². The molecule has 7 nitrogen and oxygen atoms in total. The normalized spacial score (nSPS) is 12.3. The average Bonchev–Trinajstić information content (AvgIpc) is 3.22. The fourth-order valence-corrected chi connectivity index (χ4v) is 4.64. The smallest absolute Gasteiger partial charge is 0.387 e. The molecule has 10 heteroatoms. The van der Waals surface area contributed by atoms with Gasteiger partial charge in [0.2, 0.25) is 5.89 Å². The van der Waals surface area contributed by atoms with Crippen LogP contribution >= 0.6 is 0 Å². The minimum atomic E-state index is -3.08. The van der Waals surface area contributed by atoms with Gasteiger partial charge in [-0.15, -0.1) is 0 Å². The van der Waals surface area contributed by atoms with Crippen LogP contribution in [0.5, 0.6) is 5.75 Å². The molecule has 0 radical (unpaired) electrons. The van der Waals surface area contributed by atoms with Gasteiger partial charge in [0.1, 0.15) is 11.3 Å². The Morgan fingerprint density at radius 2 is 1.88 bits per heavy atom. The molecule has 0 aliphatic heterocycles. The average molecular weight is 485 g/mol. The van der Waals surface area contributed by atoms with Crippen LogP contribution in [0.25, 0.3) is 33.7 Å². The molecule has 0 unspecified atom stereocenters. The molecule has 0 aliphatic rings. The maximum absolute atomic E-state index is 13.0. The number of nitrogens with zero attached hydrogens (tertiary/aromatic N) is 1. The highest BCUT2D eigenvalue weighted by Crippen LogP contribution is 2.35. The Bertz CT molecular complexity index is 1310. The number of halogens is 2. The SMILES string of the molecule is Cc1c(-c2ccccc2)cccc1-c1nc2cc(CN[Si@@H](CO)C(=O)O)c(OC(F)F)cc2o1. The maximum atomic E-state index is 13.0. The Morgan fingerprint density at radius 1 is 1.15 bits per heavy atom. The van der Waals surface area contributed by atoms with Crippen molar-refractivity contribution in [2.45, 2.75) is 20.1 Å². The number of carbonyl (C=O) groups is 1. The van der Waals surface area contributed by atoms with Gasteiger partial charge < -0.3 is 24.3 Å². The van der Waals surface area contributed by atoms with Crippen molar-refractivity contribution in [1.29, 1.82) is 0 Å². The highest BCUT2D eigenvalue weighted by atomic mass is 28.3. The molecule has 4 aromatic rings. The van der Waals surface area contributed by atoms with Gasteiger partial charge in [-0.05, 0) is 35.7 Å². The second-order valence-electron chi connectivity index (χ2n) is 7.62. The fourth-order valence-electron chi connectivity index (χ4n) is 3.72. The third kappa shape index (κ3) is 4.98. The highest BCUT2D eigenvalue weighted by molar-refractivity contribution is 6.86. The van der Waals surface area contributed by atoms with Crippen LogP contribution in [0.2, 0.25) is 0 Å². The van der Waals surface area contributed by atoms with Gasteiger partial charge >= 0.3 is 6.61 Å². The van der Waals surface area contributed by atoms with Crippen LogP contribution < -0.4 is 9.72 Å². The summed E-state index contributed by atoms with van der Waals surface area (Å²) < 4.78 is 36.6. The molecule has 176 valence electrons. The molecule has 0 spiro atoms. The maximum Gasteiger partial charge on any atom is 0.387 e. The van der Waals surface area contributed by atoms with Crippen molar-refractivity contribution in [3.8, 4) is 28.3 Å². The minimum Gasteiger partial charge on any atom is -0.485 e. The number of nitrogens with one attached hydrogen (secondary N) is 1. The summed E-state index contributed by atoms with van der Waals surface area (Å²) in [5.41, 5.74) is 3.59. The summed E-state index contributed by atoms with van der Waals surface area (Å²) in [4.78, 5) is 18.5. The molecular weight excluding hydrogens is 462 g/mol. The van der Waals surface area contributed by atoms with Crippen LogP contribution in [0.1, 0.15) is 11.1 Å². The zero-order valence-electron chi connectivity index (χ0n) is 18.2. The molecule has 0 saturated carbocycles. The van der Waals surface area contributed by atoms with E-state index in [0.29, 0.717) is 11.4 Å². The molecule has 3 N–H and O–H groups in total. The van der Waals surface area contributed by atoms with Crippen molar-refractivity contribution in [3.05, 3.63) is 71.8 Å². The monoisotopic (exact) mass is 484 g/mol. The largest absolute Gasteiger partial charge is 0.485 e. The second-order valence-corrected chi connectivity index (χ2v) is 10.00. The lowest BCUT2D eigenvalue weighted by Crippen LogP contribution is -2.44. The van der Waals surface area contributed by atoms with E-state index in [4.69, 9.17) is 9.52 Å². The molecule has 1 atom stereocenters. The molecule has 0 bridgehead atoms. The fraction of sp³-hybridized carbons (Fsp3) is 0.167. The van der Waals surface area contributed by atoms with Crippen molar-refractivity contribution in [2.24, 2.45) is 0 Å². The van der Waals surface area contributed by atoms with E-state index >= 15 is 0 Å². The third-order valence-electron chi connectivity index (χ3n) is 5.46. The Morgan fingerprint density at radius 3 is 2.56 bits per heavy atom. The van der Waals surface area contributed by atoms with Crippen molar-refractivity contribution in [2.75, 3.05) is 6.23 Å². The van der Waals surface area contributed by atoms with Gasteiger partial charge in [-0.1, -0.05) is 42.5 Å². The van der Waals surface area contributed by atoms with Crippen molar-refractivity contribution in [3.63, 3.8) is 0 Å². The first kappa shape index (κ1) is 23.6. The first-order valence-electron chi connectivity index (χ1n) is 10.5. The summed E-state index contributed by atoms with van der Waals surface area (Å²) in [5, 5.41) is 18.4. The number of alkyl halides is 2. The topological polar surface area (TPSA) is 105 Å². The number of carboxylic acid groups (broad SMARTS) is 1. The summed E-state index contributed by atoms with van der Waals surface area (Å²) in [6.07, 6.45) is -0.520. The van der Waals surface area contributed by atoms with E-state index in [1.54, 1.807) is 0 Å². The molecule has 0 saturated heterocycles. The zero-order chi connectivity index (χ0) is 24.2. The third-order valence-corrected chi connectivity index (χ3v) is 7.11. The van der Waals surface area contributed by atoms with Crippen LogP contribution in [0.15, 0.2) is 65.1 Å². The number of oxazole rings is 1. The van der Waals surface area contributed by atoms with E-state index in [1.165, 1.54) is 12.1 Å². The quantitative estimate of drug-likeness (QED) is 0.296. The van der Waals surface area contributed by atoms with Gasteiger partial charge in [0.15, 0.2) is 5.58 Å². The van der Waals surface area contributed by atoms with Crippen molar-refractivity contribution >= 4 is 25.7 Å². The lowest BCUT2D eigenvalue weighted by molar-refractivity contribution is -0.0504. The lowest BCUT2D eigenvalue weighted by atomic mass is 9.96. The molecule has 1 heterocycles. The predicted octanol–water partition coefficient (Wildman–Crippen LogP) is 4.68. The van der Waals surface area contributed by atoms with E-state index in [-0.39, 0.29) is 23.4 Å². The van der Waals surface area contributed by atoms with Crippen molar-refractivity contribution < 1.29 is 32.9 Å². The van der Waals surface area contributed by atoms with Gasteiger partial charge in [0, 0.05) is 23.7 Å². The van der Waals surface area contributed by atoms with Crippen LogP contribution in [0, 0.1) is 6.92 Å². The number of ether oxygens (including phenoxy) is 1. The number of hydrogen-bond donors (Lipinski definition) is 3. The van der Waals surface area contributed by atoms with E-state index in [0.717, 1.165) is 22.3 Å². The Kier molecular flexibility index (Phi) is 7.01. The molecule has 1 aromatic heterocycles. The standard InChI is InChI=1S/C24H22F2N2O5Si/c1-14-17(15-6-3-2-4-7-15)8-5-9-18(14)22-28-19-10-16(12-27-34(13-29)24(30)31)20(33-23(25)26)11-21(19)32-22/h2-11,23,27,29,34H,12-13H2,1H3,(H,30,31)/t34-/m0/s1. The van der Waals surface area contributed by atoms with Crippen LogP contribution in [0.4, 0.5) is 13.6 Å². The van der Waals surface area contributed by atoms with E-state index in [2.05, 4.69) is 14.7 Å². The van der Waals surface area contributed by atoms with Crippen LogP contribution in [0.3, 0.4) is 0 Å².